The van der Waals surface area contributed by atoms with Gasteiger partial charge >= 0.3 is 12.4 Å². The van der Waals surface area contributed by atoms with Gasteiger partial charge in [-0.2, -0.15) is 26.3 Å². The maximum atomic E-state index is 12.4. The number of ether oxygens (including phenoxy) is 1. The molecule has 0 saturated carbocycles. The van der Waals surface area contributed by atoms with Crippen LogP contribution in [-0.4, -0.2) is 18.6 Å². The highest BCUT2D eigenvalue weighted by molar-refractivity contribution is 7.97. The molecule has 0 saturated heterocycles. The lowest BCUT2D eigenvalue weighted by Gasteiger charge is -2.22. The second-order valence-corrected chi connectivity index (χ2v) is 14.0. The van der Waals surface area contributed by atoms with E-state index in [9.17, 15) is 39.3 Å². The van der Waals surface area contributed by atoms with Crippen molar-refractivity contribution in [1.29, 1.82) is 0 Å². The third-order valence-electron chi connectivity index (χ3n) is 5.90. The monoisotopic (exact) mass is 656 g/mol. The molecule has 4 aromatic carbocycles. The van der Waals surface area contributed by atoms with Crippen LogP contribution in [0.15, 0.2) is 111 Å². The van der Waals surface area contributed by atoms with Crippen LogP contribution in [0.5, 0.6) is 5.75 Å². The molecule has 4 aromatic rings. The maximum Gasteiger partial charge on any atom is 0.417 e. The predicted octanol–water partition coefficient (Wildman–Crippen LogP) is 9.20. The Morgan fingerprint density at radius 2 is 1.14 bits per heavy atom. The average Bonchev–Trinajstić information content (AvgIpc) is 2.89. The van der Waals surface area contributed by atoms with Crippen molar-refractivity contribution in [2.75, 3.05) is 0 Å². The summed E-state index contributed by atoms with van der Waals surface area (Å²) in [5.74, 6) is 0.945. The summed E-state index contributed by atoms with van der Waals surface area (Å²) in [6.45, 7) is 10.7. The normalized spacial score (nSPS) is 12.5. The molecule has 0 spiro atoms. The van der Waals surface area contributed by atoms with Crippen LogP contribution < -0.4 is 4.74 Å². The van der Waals surface area contributed by atoms with Gasteiger partial charge in [-0.3, -0.25) is 0 Å². The minimum Gasteiger partial charge on any atom is -0.744 e. The summed E-state index contributed by atoms with van der Waals surface area (Å²) in [7, 11) is -5.64. The number of hydrogen-bond acceptors (Lipinski definition) is 4. The fraction of sp³-hybridized carbons (Fsp3) is 0.250. The third-order valence-corrected chi connectivity index (χ3v) is 9.34. The molecule has 0 bridgehead atoms. The lowest BCUT2D eigenvalue weighted by Crippen LogP contribution is -2.23. The first-order valence-corrected chi connectivity index (χ1v) is 15.7. The minimum absolute atomic E-state index is 0.00597. The van der Waals surface area contributed by atoms with Gasteiger partial charge in [-0.25, -0.2) is 8.42 Å². The summed E-state index contributed by atoms with van der Waals surface area (Å²) < 4.78 is 111. The van der Waals surface area contributed by atoms with Crippen LogP contribution in [0.3, 0.4) is 0 Å². The van der Waals surface area contributed by atoms with Crippen molar-refractivity contribution in [3.63, 3.8) is 0 Å². The van der Waals surface area contributed by atoms with Crippen molar-refractivity contribution in [3.8, 4) is 5.75 Å². The summed E-state index contributed by atoms with van der Waals surface area (Å²) in [6.07, 6.45) is -10.5. The van der Waals surface area contributed by atoms with Crippen LogP contribution in [-0.2, 0) is 33.4 Å². The van der Waals surface area contributed by atoms with Gasteiger partial charge < -0.3 is 9.29 Å². The van der Waals surface area contributed by atoms with Gasteiger partial charge in [0, 0.05) is 11.1 Å². The molecule has 0 N–H and O–H groups in total. The first kappa shape index (κ1) is 35.0. The van der Waals surface area contributed by atoms with Gasteiger partial charge in [-0.05, 0) is 89.2 Å². The molecule has 4 nitrogen and oxygen atoms in total. The van der Waals surface area contributed by atoms with Gasteiger partial charge in [0.05, 0.1) is 26.9 Å². The number of alkyl halides is 6. The molecular weight excluding hydrogens is 626 g/mol. The van der Waals surface area contributed by atoms with E-state index in [2.05, 4.69) is 107 Å². The summed E-state index contributed by atoms with van der Waals surface area (Å²) in [5, 5.41) is 0. The van der Waals surface area contributed by atoms with Gasteiger partial charge in [0.1, 0.15) is 21.5 Å². The lowest BCUT2D eigenvalue weighted by molar-refractivity contribution is -0.144. The van der Waals surface area contributed by atoms with Crippen LogP contribution in [0, 0.1) is 13.8 Å². The average molecular weight is 657 g/mol. The zero-order chi connectivity index (χ0) is 33.1. The molecule has 0 unspecified atom stereocenters. The van der Waals surface area contributed by atoms with E-state index in [1.54, 1.807) is 0 Å². The maximum absolute atomic E-state index is 12.4. The first-order chi connectivity index (χ1) is 20.2. The summed E-state index contributed by atoms with van der Waals surface area (Å²) >= 11 is 0. The van der Waals surface area contributed by atoms with Crippen LogP contribution in [0.25, 0.3) is 0 Å². The molecule has 0 fully saturated rings. The molecule has 0 amide bonds. The predicted molar refractivity (Wildman–Crippen MR) is 156 cm³/mol. The van der Waals surface area contributed by atoms with Gasteiger partial charge in [-0.15, -0.1) is 0 Å². The van der Waals surface area contributed by atoms with Crippen LogP contribution in [0.4, 0.5) is 26.3 Å². The third kappa shape index (κ3) is 9.26. The Hall–Kier alpha value is -3.48. The van der Waals surface area contributed by atoms with Crippen molar-refractivity contribution in [2.45, 2.75) is 72.2 Å². The van der Waals surface area contributed by atoms with Gasteiger partial charge in [-0.1, -0.05) is 36.4 Å². The molecule has 0 atom stereocenters. The summed E-state index contributed by atoms with van der Waals surface area (Å²) in [4.78, 5) is 2.34. The fourth-order valence-corrected chi connectivity index (χ4v) is 7.32. The minimum atomic E-state index is -5.52. The molecule has 0 aromatic heterocycles. The Morgan fingerprint density at radius 1 is 0.682 bits per heavy atom. The van der Waals surface area contributed by atoms with Crippen molar-refractivity contribution in [2.24, 2.45) is 0 Å². The largest absolute Gasteiger partial charge is 0.744 e. The highest BCUT2D eigenvalue weighted by Gasteiger charge is 2.39. The van der Waals surface area contributed by atoms with Crippen molar-refractivity contribution in [3.05, 3.63) is 113 Å². The zero-order valence-corrected chi connectivity index (χ0v) is 26.0. The number of halogens is 6. The zero-order valence-electron chi connectivity index (χ0n) is 24.4. The van der Waals surface area contributed by atoms with Crippen LogP contribution in [0.1, 0.15) is 43.0 Å². The summed E-state index contributed by atoms with van der Waals surface area (Å²) in [5.41, 5.74) is -1.46. The van der Waals surface area contributed by atoms with E-state index >= 15 is 0 Å². The molecule has 44 heavy (non-hydrogen) atoms. The van der Waals surface area contributed by atoms with Crippen LogP contribution in [0.2, 0.25) is 0 Å². The Morgan fingerprint density at radius 3 is 1.50 bits per heavy atom. The molecule has 12 heteroatoms. The molecule has 0 aliphatic carbocycles. The van der Waals surface area contributed by atoms with E-state index in [1.165, 1.54) is 25.8 Å². The molecule has 236 valence electrons. The molecule has 0 radical (unpaired) electrons. The molecule has 0 aliphatic rings. The van der Waals surface area contributed by atoms with Gasteiger partial charge in [0.15, 0.2) is 14.7 Å². The van der Waals surface area contributed by atoms with E-state index in [4.69, 9.17) is 4.74 Å². The number of rotatable bonds is 5. The first-order valence-electron chi connectivity index (χ1n) is 13.1. The van der Waals surface area contributed by atoms with Crippen LogP contribution >= 0.6 is 0 Å². The standard InChI is InChI=1S/C24H27OS.C8H4F6O3S/c1-18-16-20(25-24(3,4)5)17-19(2)23(18)26(21-12-8-6-9-13-21)22-14-10-7-11-15-22;9-7(10,11)4-1-2-6(18(15,16)17)5(3-4)8(12,13)14/h6-17H,1-5H3;1-3H,(H,15,16,17)/q+1;/p-1. The number of benzene rings is 4. The topological polar surface area (TPSA) is 66.4 Å². The molecule has 4 rings (SSSR count). The smallest absolute Gasteiger partial charge is 0.417 e. The van der Waals surface area contributed by atoms with E-state index in [0.717, 1.165) is 5.75 Å². The Labute approximate surface area is 255 Å². The van der Waals surface area contributed by atoms with Crippen molar-refractivity contribution < 1.29 is 44.0 Å². The Bertz CT molecular complexity index is 1620. The van der Waals surface area contributed by atoms with E-state index in [-0.39, 0.29) is 28.6 Å². The SMILES string of the molecule is Cc1cc(OC(C)(C)C)cc(C)c1[S+](c1ccccc1)c1ccccc1.O=S(=O)([O-])c1ccc(C(F)(F)F)cc1C(F)(F)F. The molecule has 0 aliphatic heterocycles. The van der Waals surface area contributed by atoms with E-state index in [1.807, 2.05) is 0 Å². The second kappa shape index (κ2) is 13.3. The van der Waals surface area contributed by atoms with Gasteiger partial charge in [0.25, 0.3) is 0 Å². The number of aryl methyl sites for hydroxylation is 2. The van der Waals surface area contributed by atoms with Crippen molar-refractivity contribution in [1.82, 2.24) is 0 Å². The highest BCUT2D eigenvalue weighted by Crippen LogP contribution is 2.39. The van der Waals surface area contributed by atoms with E-state index < -0.39 is 44.6 Å². The Balaban J connectivity index is 0.000000259. The van der Waals surface area contributed by atoms with Crippen molar-refractivity contribution >= 4 is 21.0 Å². The Kier molecular flexibility index (Phi) is 10.5. The summed E-state index contributed by atoms with van der Waals surface area (Å²) in [6, 6.07) is 25.6. The van der Waals surface area contributed by atoms with Gasteiger partial charge in [0.2, 0.25) is 0 Å². The molecular formula is C32H30F6O4S2. The quantitative estimate of drug-likeness (QED) is 0.122. The van der Waals surface area contributed by atoms with E-state index in [0.29, 0.717) is 0 Å². The fourth-order valence-electron chi connectivity index (χ4n) is 4.28. The number of hydrogen-bond donors (Lipinski definition) is 0. The molecule has 0 heterocycles. The highest BCUT2D eigenvalue weighted by atomic mass is 32.2. The second-order valence-electron chi connectivity index (χ2n) is 10.7. The lowest BCUT2D eigenvalue weighted by atomic mass is 10.1.